The van der Waals surface area contributed by atoms with Crippen molar-refractivity contribution >= 4 is 34.9 Å². The quantitative estimate of drug-likeness (QED) is 0.862. The maximum absolute atomic E-state index is 11.6. The second-order valence-corrected chi connectivity index (χ2v) is 6.68. The molecule has 0 radical (unpaired) electrons. The maximum Gasteiger partial charge on any atom is 0.321 e. The van der Waals surface area contributed by atoms with Gasteiger partial charge in [0.25, 0.3) is 0 Å². The van der Waals surface area contributed by atoms with E-state index in [0.717, 1.165) is 0 Å². The van der Waals surface area contributed by atoms with Crippen LogP contribution in [0.1, 0.15) is 6.92 Å². The summed E-state index contributed by atoms with van der Waals surface area (Å²) in [6, 6.07) is 7.06. The van der Waals surface area contributed by atoms with Crippen molar-refractivity contribution in [2.75, 3.05) is 26.0 Å². The number of hydrogen-bond acceptors (Lipinski definition) is 2. The summed E-state index contributed by atoms with van der Waals surface area (Å²) in [4.78, 5) is 13.0. The van der Waals surface area contributed by atoms with Gasteiger partial charge in [-0.15, -0.1) is 23.2 Å². The average Bonchev–Trinajstić information content (AvgIpc) is 2.85. The summed E-state index contributed by atoms with van der Waals surface area (Å²) in [7, 11) is 3.37. The van der Waals surface area contributed by atoms with Crippen LogP contribution in [0.5, 0.6) is 5.75 Å². The molecule has 1 saturated carbocycles. The molecule has 0 saturated heterocycles. The van der Waals surface area contributed by atoms with Gasteiger partial charge in [0.1, 0.15) is 10.1 Å². The molecule has 1 aliphatic carbocycles. The molecule has 2 unspecified atom stereocenters. The molecule has 1 fully saturated rings. The van der Waals surface area contributed by atoms with Crippen LogP contribution in [0, 0.1) is 11.8 Å². The fourth-order valence-electron chi connectivity index (χ4n) is 1.90. The summed E-state index contributed by atoms with van der Waals surface area (Å²) in [5.74, 6) is 1.07. The van der Waals surface area contributed by atoms with E-state index >= 15 is 0 Å². The summed E-state index contributed by atoms with van der Waals surface area (Å²) < 4.78 is 5.01. The first kappa shape index (κ1) is 15.3. The molecule has 0 spiro atoms. The van der Waals surface area contributed by atoms with Crippen molar-refractivity contribution < 1.29 is 9.53 Å². The van der Waals surface area contributed by atoms with Gasteiger partial charge in [-0.25, -0.2) is 4.79 Å². The van der Waals surface area contributed by atoms with E-state index in [1.54, 1.807) is 26.2 Å². The number of benzene rings is 1. The van der Waals surface area contributed by atoms with E-state index in [1.807, 2.05) is 19.1 Å². The van der Waals surface area contributed by atoms with Crippen LogP contribution in [0.25, 0.3) is 0 Å². The number of rotatable bonds is 4. The molecule has 0 bridgehead atoms. The maximum atomic E-state index is 11.6. The van der Waals surface area contributed by atoms with Gasteiger partial charge >= 0.3 is 6.03 Å². The van der Waals surface area contributed by atoms with Crippen LogP contribution in [-0.4, -0.2) is 36.0 Å². The first-order valence-corrected chi connectivity index (χ1v) is 7.17. The highest BCUT2D eigenvalue weighted by Gasteiger charge is 2.60. The lowest BCUT2D eigenvalue weighted by molar-refractivity contribution is 0.230. The van der Waals surface area contributed by atoms with Crippen molar-refractivity contribution in [2.45, 2.75) is 11.3 Å². The smallest absolute Gasteiger partial charge is 0.321 e. The van der Waals surface area contributed by atoms with Crippen molar-refractivity contribution in [3.63, 3.8) is 0 Å². The normalized spacial score (nSPS) is 23.1. The van der Waals surface area contributed by atoms with Crippen LogP contribution < -0.4 is 10.1 Å². The molecule has 0 heterocycles. The zero-order chi connectivity index (χ0) is 14.9. The number of nitrogens with one attached hydrogen (secondary N) is 1. The Bertz CT molecular complexity index is 506. The van der Waals surface area contributed by atoms with E-state index < -0.39 is 4.33 Å². The Kier molecular flexibility index (Phi) is 4.35. The Balaban J connectivity index is 1.92. The predicted octanol–water partition coefficient (Wildman–Crippen LogP) is 3.60. The van der Waals surface area contributed by atoms with E-state index in [4.69, 9.17) is 27.9 Å². The molecule has 1 aliphatic rings. The van der Waals surface area contributed by atoms with Gasteiger partial charge in [0, 0.05) is 31.8 Å². The molecule has 2 atom stereocenters. The number of carbonyl (C=O) groups is 1. The number of carbonyl (C=O) groups excluding carboxylic acids is 1. The zero-order valence-electron chi connectivity index (χ0n) is 11.7. The minimum Gasteiger partial charge on any atom is -0.493 e. The van der Waals surface area contributed by atoms with Crippen LogP contribution in [0.2, 0.25) is 0 Å². The lowest BCUT2D eigenvalue weighted by atomic mass is 10.3. The zero-order valence-corrected chi connectivity index (χ0v) is 13.2. The minimum absolute atomic E-state index is 0.144. The molecular weight excluding hydrogens is 299 g/mol. The third kappa shape index (κ3) is 3.30. The van der Waals surface area contributed by atoms with Crippen LogP contribution in [-0.2, 0) is 0 Å². The van der Waals surface area contributed by atoms with Gasteiger partial charge in [-0.1, -0.05) is 13.0 Å². The molecule has 2 amide bonds. The number of nitrogens with zero attached hydrogens (tertiary/aromatic N) is 1. The largest absolute Gasteiger partial charge is 0.493 e. The van der Waals surface area contributed by atoms with E-state index in [1.165, 1.54) is 4.90 Å². The molecule has 1 aromatic rings. The topological polar surface area (TPSA) is 41.6 Å². The highest BCUT2D eigenvalue weighted by atomic mass is 35.5. The summed E-state index contributed by atoms with van der Waals surface area (Å²) >= 11 is 12.2. The van der Waals surface area contributed by atoms with Gasteiger partial charge in [0.15, 0.2) is 0 Å². The molecule has 0 aromatic heterocycles. The monoisotopic (exact) mass is 316 g/mol. The third-order valence-corrected chi connectivity index (χ3v) is 4.77. The van der Waals surface area contributed by atoms with Gasteiger partial charge in [-0.3, -0.25) is 0 Å². The molecular formula is C14H18Cl2N2O2. The summed E-state index contributed by atoms with van der Waals surface area (Å²) in [6.07, 6.45) is 0. The molecule has 6 heteroatoms. The van der Waals surface area contributed by atoms with Crippen molar-refractivity contribution in [2.24, 2.45) is 11.8 Å². The van der Waals surface area contributed by atoms with Gasteiger partial charge in [0.2, 0.25) is 0 Å². The number of hydrogen-bond donors (Lipinski definition) is 1. The van der Waals surface area contributed by atoms with Gasteiger partial charge in [-0.2, -0.15) is 0 Å². The highest BCUT2D eigenvalue weighted by molar-refractivity contribution is 6.51. The van der Waals surface area contributed by atoms with Crippen molar-refractivity contribution in [3.8, 4) is 5.75 Å². The summed E-state index contributed by atoms with van der Waals surface area (Å²) in [6.45, 7) is 2.47. The first-order valence-electron chi connectivity index (χ1n) is 6.41. The Morgan fingerprint density at radius 3 is 2.65 bits per heavy atom. The predicted molar refractivity (Wildman–Crippen MR) is 81.7 cm³/mol. The van der Waals surface area contributed by atoms with E-state index in [-0.39, 0.29) is 17.9 Å². The molecule has 1 N–H and O–H groups in total. The molecule has 110 valence electrons. The minimum atomic E-state index is -0.670. The Morgan fingerprint density at radius 1 is 1.45 bits per heavy atom. The van der Waals surface area contributed by atoms with Crippen LogP contribution >= 0.6 is 23.2 Å². The fraction of sp³-hybridized carbons (Fsp3) is 0.500. The number of ether oxygens (including phenoxy) is 1. The molecule has 20 heavy (non-hydrogen) atoms. The third-order valence-electron chi connectivity index (χ3n) is 3.52. The summed E-state index contributed by atoms with van der Waals surface area (Å²) in [5, 5.41) is 2.76. The van der Waals surface area contributed by atoms with Crippen LogP contribution in [0.3, 0.4) is 0 Å². The second-order valence-electron chi connectivity index (χ2n) is 5.23. The molecule has 0 aliphatic heterocycles. The Hall–Kier alpha value is -1.13. The highest BCUT2D eigenvalue weighted by Crippen LogP contribution is 2.58. The first-order chi connectivity index (χ1) is 9.32. The standard InChI is InChI=1S/C14H18Cl2N2O2/c1-9-12(14(9,15)16)8-20-11-6-4-5-10(7-11)17-13(19)18(2)3/h4-7,9,12H,8H2,1-3H3,(H,17,19). The van der Waals surface area contributed by atoms with E-state index in [2.05, 4.69) is 5.32 Å². The fourth-order valence-corrected chi connectivity index (χ4v) is 2.58. The second kappa shape index (κ2) is 5.70. The summed E-state index contributed by atoms with van der Waals surface area (Å²) in [5.41, 5.74) is 0.688. The van der Waals surface area contributed by atoms with Gasteiger partial charge in [0.05, 0.1) is 6.61 Å². The number of halogens is 2. The van der Waals surface area contributed by atoms with Crippen molar-refractivity contribution in [3.05, 3.63) is 24.3 Å². The van der Waals surface area contributed by atoms with Crippen molar-refractivity contribution in [1.82, 2.24) is 4.90 Å². The average molecular weight is 317 g/mol. The lowest BCUT2D eigenvalue weighted by Gasteiger charge is -2.13. The van der Waals surface area contributed by atoms with E-state index in [0.29, 0.717) is 18.0 Å². The Morgan fingerprint density at radius 2 is 2.10 bits per heavy atom. The molecule has 1 aromatic carbocycles. The lowest BCUT2D eigenvalue weighted by Crippen LogP contribution is -2.27. The van der Waals surface area contributed by atoms with Crippen LogP contribution in [0.15, 0.2) is 24.3 Å². The number of anilines is 1. The van der Waals surface area contributed by atoms with E-state index in [9.17, 15) is 4.79 Å². The van der Waals surface area contributed by atoms with Gasteiger partial charge in [-0.05, 0) is 18.1 Å². The van der Waals surface area contributed by atoms with Crippen molar-refractivity contribution in [1.29, 1.82) is 0 Å². The Labute approximate surface area is 129 Å². The number of alkyl halides is 2. The molecule has 4 nitrogen and oxygen atoms in total. The van der Waals surface area contributed by atoms with Crippen LogP contribution in [0.4, 0.5) is 10.5 Å². The van der Waals surface area contributed by atoms with Gasteiger partial charge < -0.3 is 15.0 Å². The molecule has 2 rings (SSSR count). The number of amides is 2. The SMILES string of the molecule is CC1C(COc2cccc(NC(=O)N(C)C)c2)C1(Cl)Cl. The number of urea groups is 1.